The van der Waals surface area contributed by atoms with E-state index in [1.807, 2.05) is 48.0 Å². The maximum Gasteiger partial charge on any atom is 0.295 e. The first-order valence-electron chi connectivity index (χ1n) is 10.7. The molecular weight excluding hydrogens is 436 g/mol. The predicted octanol–water partition coefficient (Wildman–Crippen LogP) is 3.85. The molecule has 1 aliphatic heterocycles. The van der Waals surface area contributed by atoms with Gasteiger partial charge in [0.1, 0.15) is 0 Å². The van der Waals surface area contributed by atoms with E-state index in [2.05, 4.69) is 9.97 Å². The highest BCUT2D eigenvalue weighted by Gasteiger charge is 2.34. The zero-order chi connectivity index (χ0) is 22.9. The SMILES string of the molecule is C[C@H]1CN(C(=O)c2ccccc2)CCN1C(=O)C(=O)c1c[nH]c2c(-c3ccsc3)ccnc12. The van der Waals surface area contributed by atoms with Gasteiger partial charge in [-0.2, -0.15) is 11.3 Å². The first kappa shape index (κ1) is 21.1. The normalized spacial score (nSPS) is 16.2. The largest absolute Gasteiger partial charge is 0.359 e. The molecular formula is C25H22N4O3S. The lowest BCUT2D eigenvalue weighted by atomic mass is 10.1. The first-order chi connectivity index (χ1) is 16.0. The van der Waals surface area contributed by atoms with Gasteiger partial charge < -0.3 is 14.8 Å². The van der Waals surface area contributed by atoms with Gasteiger partial charge in [0.2, 0.25) is 0 Å². The number of nitrogens with one attached hydrogen (secondary N) is 1. The third-order valence-corrected chi connectivity index (χ3v) is 6.72. The van der Waals surface area contributed by atoms with Crippen LogP contribution in [0.2, 0.25) is 0 Å². The van der Waals surface area contributed by atoms with E-state index >= 15 is 0 Å². The van der Waals surface area contributed by atoms with E-state index in [0.717, 1.165) is 16.6 Å². The third kappa shape index (κ3) is 3.82. The summed E-state index contributed by atoms with van der Waals surface area (Å²) in [5.74, 6) is -1.23. The fourth-order valence-corrected chi connectivity index (χ4v) is 4.96. The molecule has 0 saturated carbocycles. The van der Waals surface area contributed by atoms with Gasteiger partial charge in [-0.05, 0) is 47.5 Å². The number of rotatable bonds is 4. The Balaban J connectivity index is 1.34. The van der Waals surface area contributed by atoms with Gasteiger partial charge in [0.15, 0.2) is 0 Å². The van der Waals surface area contributed by atoms with Gasteiger partial charge in [0.25, 0.3) is 17.6 Å². The fourth-order valence-electron chi connectivity index (χ4n) is 4.31. The molecule has 1 fully saturated rings. The number of aromatic amines is 1. The van der Waals surface area contributed by atoms with Crippen molar-refractivity contribution in [3.63, 3.8) is 0 Å². The number of ketones is 1. The number of piperazine rings is 1. The standard InChI is InChI=1S/C25H22N4O3S/c1-16-14-28(24(31)17-5-3-2-4-6-17)10-11-29(16)25(32)23(30)20-13-27-21-19(7-9-26-22(20)21)18-8-12-33-15-18/h2-9,12-13,15-16,27H,10-11,14H2,1H3/t16-/m0/s1. The van der Waals surface area contributed by atoms with E-state index in [-0.39, 0.29) is 17.5 Å². The van der Waals surface area contributed by atoms with Gasteiger partial charge in [-0.3, -0.25) is 19.4 Å². The zero-order valence-electron chi connectivity index (χ0n) is 18.0. The van der Waals surface area contributed by atoms with Crippen molar-refractivity contribution in [1.82, 2.24) is 19.8 Å². The van der Waals surface area contributed by atoms with Crippen molar-refractivity contribution < 1.29 is 14.4 Å². The Morgan fingerprint density at radius 2 is 1.91 bits per heavy atom. The summed E-state index contributed by atoms with van der Waals surface area (Å²) in [4.78, 5) is 49.9. The fraction of sp³-hybridized carbons (Fsp3) is 0.200. The lowest BCUT2D eigenvalue weighted by Crippen LogP contribution is -2.56. The number of aromatic nitrogens is 2. The number of nitrogens with zero attached hydrogens (tertiary/aromatic N) is 3. The summed E-state index contributed by atoms with van der Waals surface area (Å²) in [6, 6.07) is 12.7. The van der Waals surface area contributed by atoms with Crippen LogP contribution in [0.15, 0.2) is 65.6 Å². The number of amides is 2. The average Bonchev–Trinajstić information content (AvgIpc) is 3.53. The second-order valence-electron chi connectivity index (χ2n) is 8.09. The number of fused-ring (bicyclic) bond motifs is 1. The van der Waals surface area contributed by atoms with E-state index in [0.29, 0.717) is 30.7 Å². The lowest BCUT2D eigenvalue weighted by molar-refractivity contribution is -0.130. The molecule has 33 heavy (non-hydrogen) atoms. The van der Waals surface area contributed by atoms with Crippen molar-refractivity contribution in [1.29, 1.82) is 0 Å². The Morgan fingerprint density at radius 3 is 2.64 bits per heavy atom. The number of thiophene rings is 1. The molecule has 7 nitrogen and oxygen atoms in total. The third-order valence-electron chi connectivity index (χ3n) is 6.03. The molecule has 4 heterocycles. The molecule has 1 aromatic carbocycles. The monoisotopic (exact) mass is 458 g/mol. The highest BCUT2D eigenvalue weighted by Crippen LogP contribution is 2.30. The molecule has 1 atom stereocenters. The molecule has 0 radical (unpaired) electrons. The Kier molecular flexibility index (Phi) is 5.51. The van der Waals surface area contributed by atoms with Gasteiger partial charge in [0, 0.05) is 49.2 Å². The number of hydrogen-bond donors (Lipinski definition) is 1. The van der Waals surface area contributed by atoms with Crippen molar-refractivity contribution >= 4 is 40.0 Å². The van der Waals surface area contributed by atoms with E-state index in [1.165, 1.54) is 0 Å². The summed E-state index contributed by atoms with van der Waals surface area (Å²) >= 11 is 1.59. The summed E-state index contributed by atoms with van der Waals surface area (Å²) in [7, 11) is 0. The minimum atomic E-state index is -0.592. The number of pyridine rings is 1. The van der Waals surface area contributed by atoms with E-state index < -0.39 is 11.7 Å². The topological polar surface area (TPSA) is 86.4 Å². The van der Waals surface area contributed by atoms with Crippen LogP contribution in [0.1, 0.15) is 27.6 Å². The van der Waals surface area contributed by atoms with Gasteiger partial charge in [-0.1, -0.05) is 18.2 Å². The van der Waals surface area contributed by atoms with Crippen LogP contribution in [-0.4, -0.2) is 63.0 Å². The minimum Gasteiger partial charge on any atom is -0.359 e. The number of hydrogen-bond acceptors (Lipinski definition) is 5. The van der Waals surface area contributed by atoms with E-state index in [1.54, 1.807) is 45.7 Å². The highest BCUT2D eigenvalue weighted by molar-refractivity contribution is 7.08. The molecule has 0 spiro atoms. The molecule has 0 unspecified atom stereocenters. The molecule has 2 amide bonds. The van der Waals surface area contributed by atoms with Crippen LogP contribution in [0.25, 0.3) is 22.2 Å². The van der Waals surface area contributed by atoms with Gasteiger partial charge in [0.05, 0.1) is 16.6 Å². The van der Waals surface area contributed by atoms with Crippen LogP contribution in [0.3, 0.4) is 0 Å². The van der Waals surface area contributed by atoms with Crippen LogP contribution < -0.4 is 0 Å². The quantitative estimate of drug-likeness (QED) is 0.372. The molecule has 1 aliphatic rings. The van der Waals surface area contributed by atoms with Crippen LogP contribution in [0.4, 0.5) is 0 Å². The number of Topliss-reactive ketones (excluding diaryl/α,β-unsaturated/α-hetero) is 1. The molecule has 1 saturated heterocycles. The smallest absolute Gasteiger partial charge is 0.295 e. The van der Waals surface area contributed by atoms with Crippen LogP contribution in [0.5, 0.6) is 0 Å². The van der Waals surface area contributed by atoms with Crippen molar-refractivity contribution in [3.05, 3.63) is 76.7 Å². The second kappa shape index (κ2) is 8.63. The number of H-pyrrole nitrogens is 1. The Hall–Kier alpha value is -3.78. The van der Waals surface area contributed by atoms with Crippen molar-refractivity contribution in [2.24, 2.45) is 0 Å². The van der Waals surface area contributed by atoms with Crippen LogP contribution in [-0.2, 0) is 4.79 Å². The molecule has 0 aliphatic carbocycles. The van der Waals surface area contributed by atoms with Gasteiger partial charge in [-0.15, -0.1) is 0 Å². The van der Waals surface area contributed by atoms with Crippen molar-refractivity contribution in [2.75, 3.05) is 19.6 Å². The molecule has 1 N–H and O–H groups in total. The summed E-state index contributed by atoms with van der Waals surface area (Å²) in [6.45, 7) is 2.92. The van der Waals surface area contributed by atoms with Crippen molar-refractivity contribution in [3.8, 4) is 11.1 Å². The maximum absolute atomic E-state index is 13.2. The first-order valence-corrected chi connectivity index (χ1v) is 11.7. The van der Waals surface area contributed by atoms with Crippen molar-refractivity contribution in [2.45, 2.75) is 13.0 Å². The summed E-state index contributed by atoms with van der Waals surface area (Å²) < 4.78 is 0. The molecule has 3 aromatic heterocycles. The summed E-state index contributed by atoms with van der Waals surface area (Å²) in [6.07, 6.45) is 3.22. The average molecular weight is 459 g/mol. The molecule has 5 rings (SSSR count). The minimum absolute atomic E-state index is 0.0670. The van der Waals surface area contributed by atoms with Crippen LogP contribution in [0, 0.1) is 0 Å². The number of carbonyl (C=O) groups excluding carboxylic acids is 3. The second-order valence-corrected chi connectivity index (χ2v) is 8.87. The van der Waals surface area contributed by atoms with Crippen LogP contribution >= 0.6 is 11.3 Å². The Bertz CT molecular complexity index is 1330. The Labute approximate surface area is 194 Å². The molecule has 166 valence electrons. The number of benzene rings is 1. The highest BCUT2D eigenvalue weighted by atomic mass is 32.1. The van der Waals surface area contributed by atoms with E-state index in [4.69, 9.17) is 0 Å². The number of carbonyl (C=O) groups is 3. The predicted molar refractivity (Wildman–Crippen MR) is 127 cm³/mol. The maximum atomic E-state index is 13.2. The molecule has 8 heteroatoms. The van der Waals surface area contributed by atoms with E-state index in [9.17, 15) is 14.4 Å². The Morgan fingerprint density at radius 1 is 1.09 bits per heavy atom. The van der Waals surface area contributed by atoms with Gasteiger partial charge in [-0.25, -0.2) is 0 Å². The molecule has 4 aromatic rings. The molecule has 0 bridgehead atoms. The zero-order valence-corrected chi connectivity index (χ0v) is 18.8. The van der Waals surface area contributed by atoms with Gasteiger partial charge >= 0.3 is 0 Å². The summed E-state index contributed by atoms with van der Waals surface area (Å²) in [5.41, 5.74) is 4.08. The lowest BCUT2D eigenvalue weighted by Gasteiger charge is -2.39. The summed E-state index contributed by atoms with van der Waals surface area (Å²) in [5, 5.41) is 4.02.